The molecule has 0 aromatic heterocycles. The monoisotopic (exact) mass is 349 g/mol. The highest BCUT2D eigenvalue weighted by molar-refractivity contribution is 7.87. The number of piperazine rings is 1. The molecular formula is C13H17F2N3O4S. The average Bonchev–Trinajstić information content (AvgIpc) is 2.48. The molecule has 0 radical (unpaired) electrons. The number of aliphatic carboxylic acids is 1. The summed E-state index contributed by atoms with van der Waals surface area (Å²) < 4.78 is 54.6. The zero-order valence-electron chi connectivity index (χ0n) is 12.4. The third-order valence-corrected chi connectivity index (χ3v) is 5.16. The van der Waals surface area contributed by atoms with E-state index in [0.717, 1.165) is 16.4 Å². The molecule has 1 saturated heterocycles. The predicted molar refractivity (Wildman–Crippen MR) is 77.9 cm³/mol. The number of hydrogen-bond donors (Lipinski definition) is 2. The summed E-state index contributed by atoms with van der Waals surface area (Å²) in [4.78, 5) is 13.3. The molecule has 2 N–H and O–H groups in total. The Morgan fingerprint density at radius 1 is 1.26 bits per heavy atom. The third-order valence-electron chi connectivity index (χ3n) is 3.58. The second-order valence-electron chi connectivity index (χ2n) is 5.26. The van der Waals surface area contributed by atoms with Gasteiger partial charge in [0.15, 0.2) is 0 Å². The van der Waals surface area contributed by atoms with E-state index in [2.05, 4.69) is 0 Å². The van der Waals surface area contributed by atoms with Gasteiger partial charge in [0, 0.05) is 31.7 Å². The first-order valence-corrected chi connectivity index (χ1v) is 8.28. The summed E-state index contributed by atoms with van der Waals surface area (Å²) in [5.74, 6) is -3.47. The molecule has 0 spiro atoms. The molecule has 0 saturated carbocycles. The summed E-state index contributed by atoms with van der Waals surface area (Å²) in [6.45, 7) is 1.35. The van der Waals surface area contributed by atoms with Crippen LogP contribution in [0.1, 0.15) is 11.6 Å². The molecule has 2 rings (SSSR count). The molecule has 1 heterocycles. The highest BCUT2D eigenvalue weighted by Gasteiger charge is 2.33. The maximum Gasteiger partial charge on any atom is 0.326 e. The van der Waals surface area contributed by atoms with Crippen molar-refractivity contribution >= 4 is 16.2 Å². The predicted octanol–water partition coefficient (Wildman–Crippen LogP) is 0.172. The number of likely N-dealkylation sites (N-methyl/N-ethyl adjacent to an activating group) is 1. The van der Waals surface area contributed by atoms with Crippen molar-refractivity contribution in [3.05, 3.63) is 35.4 Å². The van der Waals surface area contributed by atoms with Gasteiger partial charge >= 0.3 is 5.97 Å². The smallest absolute Gasteiger partial charge is 0.326 e. The Bertz CT molecular complexity index is 690. The van der Waals surface area contributed by atoms with Crippen molar-refractivity contribution < 1.29 is 27.1 Å². The van der Waals surface area contributed by atoms with Crippen LogP contribution in [0.25, 0.3) is 0 Å². The van der Waals surface area contributed by atoms with Crippen LogP contribution in [0.5, 0.6) is 0 Å². The number of carbonyl (C=O) groups is 1. The molecule has 1 aliphatic heterocycles. The Labute approximate surface area is 132 Å². The van der Waals surface area contributed by atoms with Crippen LogP contribution < -0.4 is 4.72 Å². The largest absolute Gasteiger partial charge is 0.480 e. The number of carboxylic acids is 1. The number of halogens is 2. The van der Waals surface area contributed by atoms with Crippen LogP contribution in [0, 0.1) is 11.6 Å². The van der Waals surface area contributed by atoms with E-state index in [0.29, 0.717) is 19.2 Å². The van der Waals surface area contributed by atoms with Crippen molar-refractivity contribution in [1.29, 1.82) is 0 Å². The lowest BCUT2D eigenvalue weighted by Gasteiger charge is -2.32. The SMILES string of the molecule is CN1CCN(S(=O)(=O)NC(C(=O)O)c2cc(F)ccc2F)CC1. The minimum absolute atomic E-state index is 0.184. The Hall–Kier alpha value is -1.62. The van der Waals surface area contributed by atoms with Gasteiger partial charge in [0.1, 0.15) is 17.7 Å². The lowest BCUT2D eigenvalue weighted by molar-refractivity contribution is -0.139. The maximum absolute atomic E-state index is 13.8. The summed E-state index contributed by atoms with van der Waals surface area (Å²) in [5, 5.41) is 9.20. The Morgan fingerprint density at radius 2 is 1.87 bits per heavy atom. The van der Waals surface area contributed by atoms with E-state index in [1.807, 2.05) is 16.7 Å². The van der Waals surface area contributed by atoms with Crippen molar-refractivity contribution in [1.82, 2.24) is 13.9 Å². The fraction of sp³-hybridized carbons (Fsp3) is 0.462. The van der Waals surface area contributed by atoms with E-state index >= 15 is 0 Å². The number of hydrogen-bond acceptors (Lipinski definition) is 4. The Morgan fingerprint density at radius 3 is 2.43 bits per heavy atom. The fourth-order valence-corrected chi connectivity index (χ4v) is 3.55. The van der Waals surface area contributed by atoms with Gasteiger partial charge in [0.25, 0.3) is 10.2 Å². The minimum Gasteiger partial charge on any atom is -0.480 e. The topological polar surface area (TPSA) is 90.0 Å². The van der Waals surface area contributed by atoms with Crippen LogP contribution >= 0.6 is 0 Å². The van der Waals surface area contributed by atoms with Gasteiger partial charge in [-0.1, -0.05) is 0 Å². The number of rotatable bonds is 5. The van der Waals surface area contributed by atoms with Gasteiger partial charge in [0.05, 0.1) is 0 Å². The van der Waals surface area contributed by atoms with Gasteiger partial charge < -0.3 is 10.0 Å². The zero-order chi connectivity index (χ0) is 17.2. The van der Waals surface area contributed by atoms with Crippen molar-refractivity contribution in [2.45, 2.75) is 6.04 Å². The van der Waals surface area contributed by atoms with E-state index in [1.165, 1.54) is 0 Å². The van der Waals surface area contributed by atoms with Crippen LogP contribution in [-0.4, -0.2) is 61.9 Å². The standard InChI is InChI=1S/C13H17F2N3O4S/c1-17-4-6-18(7-5-17)23(21,22)16-12(13(19)20)10-8-9(14)2-3-11(10)15/h2-3,8,12,16H,4-7H2,1H3,(H,19,20). The number of benzene rings is 1. The molecule has 1 aromatic rings. The fourth-order valence-electron chi connectivity index (χ4n) is 2.23. The van der Waals surface area contributed by atoms with Gasteiger partial charge in [-0.05, 0) is 25.2 Å². The molecule has 23 heavy (non-hydrogen) atoms. The summed E-state index contributed by atoms with van der Waals surface area (Å²) in [6, 6.07) is 0.341. The van der Waals surface area contributed by atoms with Crippen LogP contribution in [0.15, 0.2) is 18.2 Å². The first-order chi connectivity index (χ1) is 10.7. The molecule has 0 aliphatic carbocycles. The van der Waals surface area contributed by atoms with Crippen LogP contribution in [0.4, 0.5) is 8.78 Å². The number of nitrogens with zero attached hydrogens (tertiary/aromatic N) is 2. The summed E-state index contributed by atoms with van der Waals surface area (Å²) >= 11 is 0. The lowest BCUT2D eigenvalue weighted by atomic mass is 10.1. The Kier molecular flexibility index (Phi) is 5.30. The molecule has 1 aliphatic rings. The van der Waals surface area contributed by atoms with E-state index in [4.69, 9.17) is 0 Å². The molecule has 1 unspecified atom stereocenters. The summed E-state index contributed by atoms with van der Waals surface area (Å²) in [7, 11) is -2.31. The van der Waals surface area contributed by atoms with Crippen LogP contribution in [-0.2, 0) is 15.0 Å². The summed E-state index contributed by atoms with van der Waals surface area (Å²) in [5.41, 5.74) is -0.574. The first kappa shape index (κ1) is 17.7. The van der Waals surface area contributed by atoms with Crippen LogP contribution in [0.2, 0.25) is 0 Å². The molecule has 1 fully saturated rings. The number of carboxylic acid groups (broad SMARTS) is 1. The van der Waals surface area contributed by atoms with E-state index in [-0.39, 0.29) is 13.1 Å². The highest BCUT2D eigenvalue weighted by Crippen LogP contribution is 2.20. The van der Waals surface area contributed by atoms with Crippen LogP contribution in [0.3, 0.4) is 0 Å². The van der Waals surface area contributed by atoms with Gasteiger partial charge in [0.2, 0.25) is 0 Å². The molecule has 7 nitrogen and oxygen atoms in total. The van der Waals surface area contributed by atoms with Gasteiger partial charge in [-0.2, -0.15) is 17.4 Å². The highest BCUT2D eigenvalue weighted by atomic mass is 32.2. The normalized spacial score (nSPS) is 18.7. The van der Waals surface area contributed by atoms with E-state index < -0.39 is 39.4 Å². The maximum atomic E-state index is 13.8. The van der Waals surface area contributed by atoms with Gasteiger partial charge in [-0.25, -0.2) is 8.78 Å². The van der Waals surface area contributed by atoms with Crippen molar-refractivity contribution in [3.63, 3.8) is 0 Å². The minimum atomic E-state index is -4.14. The molecule has 10 heteroatoms. The lowest BCUT2D eigenvalue weighted by Crippen LogP contribution is -2.52. The van der Waals surface area contributed by atoms with E-state index in [9.17, 15) is 27.1 Å². The van der Waals surface area contributed by atoms with E-state index in [1.54, 1.807) is 0 Å². The molecule has 128 valence electrons. The Balaban J connectivity index is 2.25. The molecule has 1 aromatic carbocycles. The average molecular weight is 349 g/mol. The van der Waals surface area contributed by atoms with Crippen molar-refractivity contribution in [2.24, 2.45) is 0 Å². The van der Waals surface area contributed by atoms with Gasteiger partial charge in [-0.15, -0.1) is 0 Å². The second kappa shape index (κ2) is 6.87. The molecular weight excluding hydrogens is 332 g/mol. The molecule has 1 atom stereocenters. The summed E-state index contributed by atoms with van der Waals surface area (Å²) in [6.07, 6.45) is 0. The second-order valence-corrected chi connectivity index (χ2v) is 6.96. The quantitative estimate of drug-likeness (QED) is 0.791. The molecule has 0 amide bonds. The first-order valence-electron chi connectivity index (χ1n) is 6.84. The van der Waals surface area contributed by atoms with Crippen molar-refractivity contribution in [2.75, 3.05) is 33.2 Å². The third kappa shape index (κ3) is 4.22. The van der Waals surface area contributed by atoms with Gasteiger partial charge in [-0.3, -0.25) is 4.79 Å². The van der Waals surface area contributed by atoms with Crippen molar-refractivity contribution in [3.8, 4) is 0 Å². The molecule has 0 bridgehead atoms. The zero-order valence-corrected chi connectivity index (χ0v) is 13.2. The number of nitrogens with one attached hydrogen (secondary N) is 1.